The van der Waals surface area contributed by atoms with Gasteiger partial charge in [0.2, 0.25) is 0 Å². The Morgan fingerprint density at radius 1 is 0.672 bits per heavy atom. The lowest BCUT2D eigenvalue weighted by molar-refractivity contribution is -0.343. The number of carbonyl (C=O) groups is 3. The fourth-order valence-corrected chi connectivity index (χ4v) is 6.67. The summed E-state index contributed by atoms with van der Waals surface area (Å²) in [5, 5.41) is 27.6. The van der Waals surface area contributed by atoms with Gasteiger partial charge in [0.05, 0.1) is 5.56 Å². The molecular weight excluding hydrogens is 811 g/mol. The SMILES string of the molecule is CCCCCCCCCCCCC(Oc1ccc(O)c(C(C)(C)C)c1)C(=O)Nc1cccc(NC(=O)c2cc(NC(=O)C(F)(F)C(F)(F)C(F)(F)F)c3ccccc3c2O)c1. The number of aromatic hydroxyl groups is 2. The van der Waals surface area contributed by atoms with Crippen LogP contribution in [0.5, 0.6) is 17.2 Å². The molecule has 1 unspecified atom stereocenters. The highest BCUT2D eigenvalue weighted by atomic mass is 19.4. The second-order valence-corrected chi connectivity index (χ2v) is 16.0. The molecule has 0 saturated carbocycles. The molecule has 4 aromatic rings. The number of phenolic OH excluding ortho intramolecular Hbond substituents is 2. The molecule has 3 amide bonds. The first kappa shape index (κ1) is 48.1. The lowest BCUT2D eigenvalue weighted by atomic mass is 9.86. The van der Waals surface area contributed by atoms with Gasteiger partial charge in [0.25, 0.3) is 11.8 Å². The van der Waals surface area contributed by atoms with Gasteiger partial charge >= 0.3 is 23.9 Å². The van der Waals surface area contributed by atoms with Crippen LogP contribution in [0.1, 0.15) is 114 Å². The number of unbranched alkanes of at least 4 members (excludes halogenated alkanes) is 9. The number of phenols is 2. The molecule has 0 aliphatic heterocycles. The molecule has 0 fully saturated rings. The van der Waals surface area contributed by atoms with Crippen molar-refractivity contribution in [3.63, 3.8) is 0 Å². The van der Waals surface area contributed by atoms with Crippen molar-refractivity contribution in [3.8, 4) is 17.2 Å². The Morgan fingerprint density at radius 3 is 1.84 bits per heavy atom. The van der Waals surface area contributed by atoms with Crippen LogP contribution >= 0.6 is 0 Å². The molecular formula is C45H52F7N3O6. The summed E-state index contributed by atoms with van der Waals surface area (Å²) >= 11 is 0. The minimum absolute atomic E-state index is 0.0535. The van der Waals surface area contributed by atoms with Gasteiger partial charge in [0.15, 0.2) is 6.10 Å². The number of benzene rings is 4. The van der Waals surface area contributed by atoms with E-state index in [-0.39, 0.29) is 27.9 Å². The van der Waals surface area contributed by atoms with Crippen molar-refractivity contribution >= 4 is 45.6 Å². The lowest BCUT2D eigenvalue weighted by Crippen LogP contribution is -2.57. The number of amides is 3. The van der Waals surface area contributed by atoms with Crippen LogP contribution in [0.2, 0.25) is 0 Å². The number of halogens is 7. The summed E-state index contributed by atoms with van der Waals surface area (Å²) in [5.74, 6) is -17.9. The average Bonchev–Trinajstić information content (AvgIpc) is 3.18. The van der Waals surface area contributed by atoms with E-state index in [9.17, 15) is 55.3 Å². The van der Waals surface area contributed by atoms with Crippen molar-refractivity contribution in [1.82, 2.24) is 0 Å². The molecule has 0 radical (unpaired) electrons. The summed E-state index contributed by atoms with van der Waals surface area (Å²) in [6, 6.07) is 16.2. The number of hydrogen-bond donors (Lipinski definition) is 5. The molecule has 0 aromatic heterocycles. The molecule has 0 spiro atoms. The van der Waals surface area contributed by atoms with Gasteiger partial charge in [-0.2, -0.15) is 30.7 Å². The second kappa shape index (κ2) is 20.3. The predicted molar refractivity (Wildman–Crippen MR) is 221 cm³/mol. The normalized spacial score (nSPS) is 12.8. The fraction of sp³-hybridized carbons (Fsp3) is 0.444. The maximum absolute atomic E-state index is 14.3. The number of rotatable bonds is 20. The van der Waals surface area contributed by atoms with E-state index in [4.69, 9.17) is 4.74 Å². The molecule has 5 N–H and O–H groups in total. The van der Waals surface area contributed by atoms with Crippen molar-refractivity contribution in [2.24, 2.45) is 0 Å². The van der Waals surface area contributed by atoms with E-state index in [1.54, 1.807) is 12.1 Å². The van der Waals surface area contributed by atoms with Gasteiger partial charge in [-0.15, -0.1) is 0 Å². The molecule has 0 aliphatic rings. The molecule has 9 nitrogen and oxygen atoms in total. The zero-order valence-electron chi connectivity index (χ0n) is 34.5. The lowest BCUT2D eigenvalue weighted by Gasteiger charge is -2.27. The first-order valence-corrected chi connectivity index (χ1v) is 20.2. The number of hydrogen-bond acceptors (Lipinski definition) is 6. The summed E-state index contributed by atoms with van der Waals surface area (Å²) in [7, 11) is 0. The monoisotopic (exact) mass is 863 g/mol. The Hall–Kier alpha value is -5.54. The van der Waals surface area contributed by atoms with Crippen molar-refractivity contribution in [2.75, 3.05) is 16.0 Å². The Morgan fingerprint density at radius 2 is 1.25 bits per heavy atom. The van der Waals surface area contributed by atoms with E-state index >= 15 is 0 Å². The molecule has 4 rings (SSSR count). The van der Waals surface area contributed by atoms with Crippen LogP contribution in [0, 0.1) is 0 Å². The number of anilines is 3. The van der Waals surface area contributed by atoms with E-state index in [0.29, 0.717) is 30.2 Å². The summed E-state index contributed by atoms with van der Waals surface area (Å²) in [5.41, 5.74) is -0.965. The Bertz CT molecular complexity index is 2150. The molecule has 0 saturated heterocycles. The highest BCUT2D eigenvalue weighted by molar-refractivity contribution is 6.15. The summed E-state index contributed by atoms with van der Waals surface area (Å²) in [6.07, 6.45) is 3.50. The number of ether oxygens (including phenoxy) is 1. The second-order valence-electron chi connectivity index (χ2n) is 16.0. The van der Waals surface area contributed by atoms with E-state index in [1.165, 1.54) is 86.0 Å². The third kappa shape index (κ3) is 12.3. The van der Waals surface area contributed by atoms with Gasteiger partial charge in [-0.3, -0.25) is 14.4 Å². The summed E-state index contributed by atoms with van der Waals surface area (Å²) < 4.78 is 100. The number of carbonyl (C=O) groups excluding carboxylic acids is 3. The van der Waals surface area contributed by atoms with Crippen molar-refractivity contribution in [3.05, 3.63) is 83.9 Å². The first-order chi connectivity index (χ1) is 28.6. The Labute approximate surface area is 350 Å². The van der Waals surface area contributed by atoms with E-state index in [0.717, 1.165) is 31.7 Å². The molecule has 0 bridgehead atoms. The van der Waals surface area contributed by atoms with Gasteiger partial charge in [-0.25, -0.2) is 0 Å². The quantitative estimate of drug-likeness (QED) is 0.0341. The first-order valence-electron chi connectivity index (χ1n) is 20.2. The van der Waals surface area contributed by atoms with Crippen LogP contribution in [-0.4, -0.2) is 52.1 Å². The number of alkyl halides is 7. The smallest absolute Gasteiger partial charge is 0.460 e. The third-order valence-electron chi connectivity index (χ3n) is 10.1. The molecule has 0 aliphatic carbocycles. The fourth-order valence-electron chi connectivity index (χ4n) is 6.67. The number of fused-ring (bicyclic) bond motifs is 1. The van der Waals surface area contributed by atoms with Crippen molar-refractivity contribution in [2.45, 2.75) is 128 Å². The van der Waals surface area contributed by atoms with Crippen LogP contribution in [0.25, 0.3) is 10.8 Å². The molecule has 0 heterocycles. The maximum Gasteiger partial charge on any atom is 0.460 e. The topological polar surface area (TPSA) is 137 Å². The van der Waals surface area contributed by atoms with Gasteiger partial charge in [-0.1, -0.05) is 116 Å². The largest absolute Gasteiger partial charge is 0.508 e. The van der Waals surface area contributed by atoms with Crippen LogP contribution in [-0.2, 0) is 15.0 Å². The van der Waals surface area contributed by atoms with Crippen LogP contribution < -0.4 is 20.7 Å². The third-order valence-corrected chi connectivity index (χ3v) is 10.1. The van der Waals surface area contributed by atoms with E-state index < -0.39 is 64.3 Å². The molecule has 1 atom stereocenters. The standard InChI is InChI=1S/C45H52F7N3O6/c1-5-6-7-8-9-10-11-12-13-14-22-37(61-30-23-24-36(56)34(26-30)42(2,3)4)40(59)54-29-19-17-18-28(25-29)53-39(58)33-27-35(31-20-15-16-21-32(31)38(33)57)55-41(60)43(46,47)44(48,49)45(50,51)52/h15-21,23-27,37,56-57H,5-14,22H2,1-4H3,(H,53,58)(H,54,59)(H,55,60). The maximum atomic E-state index is 14.3. The van der Waals surface area contributed by atoms with Gasteiger partial charge < -0.3 is 30.9 Å². The molecule has 61 heavy (non-hydrogen) atoms. The number of nitrogens with one attached hydrogen (secondary N) is 3. The van der Waals surface area contributed by atoms with E-state index in [1.807, 2.05) is 20.8 Å². The van der Waals surface area contributed by atoms with Crippen LogP contribution in [0.3, 0.4) is 0 Å². The minimum Gasteiger partial charge on any atom is -0.508 e. The summed E-state index contributed by atoms with van der Waals surface area (Å²) in [6.45, 7) is 7.96. The van der Waals surface area contributed by atoms with Crippen LogP contribution in [0.15, 0.2) is 72.8 Å². The minimum atomic E-state index is -6.77. The summed E-state index contributed by atoms with van der Waals surface area (Å²) in [4.78, 5) is 39.6. The predicted octanol–water partition coefficient (Wildman–Crippen LogP) is 12.3. The van der Waals surface area contributed by atoms with Gasteiger partial charge in [0, 0.05) is 33.4 Å². The van der Waals surface area contributed by atoms with Gasteiger partial charge in [0.1, 0.15) is 17.2 Å². The van der Waals surface area contributed by atoms with Gasteiger partial charge in [-0.05, 0) is 60.7 Å². The molecule has 16 heteroatoms. The Balaban J connectivity index is 1.52. The highest BCUT2D eigenvalue weighted by Crippen LogP contribution is 2.47. The zero-order valence-corrected chi connectivity index (χ0v) is 34.5. The van der Waals surface area contributed by atoms with Crippen LogP contribution in [0.4, 0.5) is 47.8 Å². The Kier molecular flexibility index (Phi) is 16.1. The zero-order chi connectivity index (χ0) is 45.2. The van der Waals surface area contributed by atoms with Crippen molar-refractivity contribution < 1.29 is 60.1 Å². The van der Waals surface area contributed by atoms with Crippen molar-refractivity contribution in [1.29, 1.82) is 0 Å². The average molecular weight is 864 g/mol. The highest BCUT2D eigenvalue weighted by Gasteiger charge is 2.76. The molecule has 332 valence electrons. The van der Waals surface area contributed by atoms with E-state index in [2.05, 4.69) is 17.6 Å². The molecule has 4 aromatic carbocycles.